The maximum absolute atomic E-state index is 9.84. The number of hydrogen-bond donors (Lipinski definition) is 2. The van der Waals surface area contributed by atoms with Crippen LogP contribution < -0.4 is 15.2 Å². The van der Waals surface area contributed by atoms with Crippen molar-refractivity contribution in [1.82, 2.24) is 0 Å². The molecule has 0 amide bonds. The SMILES string of the molecule is N#Cc1ccccc1OCC(O)COc1cccc(N)c1. The van der Waals surface area contributed by atoms with Gasteiger partial charge in [0.15, 0.2) is 0 Å². The lowest BCUT2D eigenvalue weighted by Crippen LogP contribution is -2.25. The number of nitriles is 1. The molecule has 5 heteroatoms. The van der Waals surface area contributed by atoms with Crippen molar-refractivity contribution in [2.24, 2.45) is 0 Å². The molecule has 0 heterocycles. The lowest BCUT2D eigenvalue weighted by molar-refractivity contribution is 0.0626. The highest BCUT2D eigenvalue weighted by atomic mass is 16.5. The Morgan fingerprint density at radius 3 is 2.62 bits per heavy atom. The zero-order valence-corrected chi connectivity index (χ0v) is 11.4. The second kappa shape index (κ2) is 7.17. The van der Waals surface area contributed by atoms with Gasteiger partial charge in [0.25, 0.3) is 0 Å². The van der Waals surface area contributed by atoms with E-state index in [1.165, 1.54) is 0 Å². The van der Waals surface area contributed by atoms with Crippen LogP contribution in [0.1, 0.15) is 5.56 Å². The van der Waals surface area contributed by atoms with Crippen LogP contribution in [0.15, 0.2) is 48.5 Å². The normalized spacial score (nSPS) is 11.4. The number of aliphatic hydroxyl groups is 1. The van der Waals surface area contributed by atoms with E-state index in [0.29, 0.717) is 22.7 Å². The molecule has 0 bridgehead atoms. The first kappa shape index (κ1) is 14.7. The van der Waals surface area contributed by atoms with Crippen molar-refractivity contribution >= 4 is 5.69 Å². The summed E-state index contributed by atoms with van der Waals surface area (Å²) in [7, 11) is 0. The topological polar surface area (TPSA) is 88.5 Å². The number of nitrogens with zero attached hydrogens (tertiary/aromatic N) is 1. The fraction of sp³-hybridized carbons (Fsp3) is 0.188. The second-order valence-electron chi connectivity index (χ2n) is 4.46. The van der Waals surface area contributed by atoms with E-state index < -0.39 is 6.10 Å². The number of rotatable bonds is 6. The molecule has 3 N–H and O–H groups in total. The highest BCUT2D eigenvalue weighted by Crippen LogP contribution is 2.17. The molecule has 108 valence electrons. The fourth-order valence-electron chi connectivity index (χ4n) is 1.72. The van der Waals surface area contributed by atoms with Gasteiger partial charge in [0.1, 0.15) is 36.9 Å². The van der Waals surface area contributed by atoms with Gasteiger partial charge < -0.3 is 20.3 Å². The average molecular weight is 284 g/mol. The number of hydrogen-bond acceptors (Lipinski definition) is 5. The van der Waals surface area contributed by atoms with Gasteiger partial charge in [-0.05, 0) is 24.3 Å². The van der Waals surface area contributed by atoms with Crippen LogP contribution >= 0.6 is 0 Å². The van der Waals surface area contributed by atoms with Gasteiger partial charge in [-0.3, -0.25) is 0 Å². The molecule has 5 nitrogen and oxygen atoms in total. The minimum Gasteiger partial charge on any atom is -0.491 e. The van der Waals surface area contributed by atoms with Crippen molar-refractivity contribution in [3.05, 3.63) is 54.1 Å². The van der Waals surface area contributed by atoms with Crippen LogP contribution in [0.3, 0.4) is 0 Å². The monoisotopic (exact) mass is 284 g/mol. The van der Waals surface area contributed by atoms with Crippen molar-refractivity contribution in [2.45, 2.75) is 6.10 Å². The number of nitrogens with two attached hydrogens (primary N) is 1. The highest BCUT2D eigenvalue weighted by molar-refractivity contribution is 5.43. The van der Waals surface area contributed by atoms with Crippen molar-refractivity contribution in [2.75, 3.05) is 18.9 Å². The van der Waals surface area contributed by atoms with Crippen LogP contribution in [-0.2, 0) is 0 Å². The van der Waals surface area contributed by atoms with E-state index in [-0.39, 0.29) is 13.2 Å². The van der Waals surface area contributed by atoms with E-state index in [9.17, 15) is 5.11 Å². The predicted molar refractivity (Wildman–Crippen MR) is 79.0 cm³/mol. The number of ether oxygens (including phenoxy) is 2. The molecule has 1 unspecified atom stereocenters. The Hall–Kier alpha value is -2.71. The molecule has 0 aliphatic rings. The lowest BCUT2D eigenvalue weighted by atomic mass is 10.2. The van der Waals surface area contributed by atoms with Crippen LogP contribution in [-0.4, -0.2) is 24.4 Å². The first-order chi connectivity index (χ1) is 10.2. The predicted octanol–water partition coefficient (Wildman–Crippen LogP) is 1.96. The average Bonchev–Trinajstić information content (AvgIpc) is 2.51. The van der Waals surface area contributed by atoms with Gasteiger partial charge in [-0.15, -0.1) is 0 Å². The maximum Gasteiger partial charge on any atom is 0.137 e. The number of para-hydroxylation sites is 1. The van der Waals surface area contributed by atoms with Crippen molar-refractivity contribution in [3.63, 3.8) is 0 Å². The lowest BCUT2D eigenvalue weighted by Gasteiger charge is -2.14. The smallest absolute Gasteiger partial charge is 0.137 e. The molecule has 0 spiro atoms. The largest absolute Gasteiger partial charge is 0.491 e. The van der Waals surface area contributed by atoms with E-state index in [0.717, 1.165) is 0 Å². The minimum absolute atomic E-state index is 0.0427. The Bertz CT molecular complexity index is 637. The van der Waals surface area contributed by atoms with Gasteiger partial charge in [-0.1, -0.05) is 18.2 Å². The summed E-state index contributed by atoms with van der Waals surface area (Å²) < 4.78 is 10.8. The summed E-state index contributed by atoms with van der Waals surface area (Å²) in [6.07, 6.45) is -0.807. The van der Waals surface area contributed by atoms with Gasteiger partial charge in [0, 0.05) is 11.8 Å². The minimum atomic E-state index is -0.807. The molecule has 0 aliphatic carbocycles. The first-order valence-electron chi connectivity index (χ1n) is 6.47. The third-order valence-corrected chi connectivity index (χ3v) is 2.74. The molecule has 0 radical (unpaired) electrons. The number of anilines is 1. The Kier molecular flexibility index (Phi) is 5.02. The summed E-state index contributed by atoms with van der Waals surface area (Å²) in [5.41, 5.74) is 6.66. The summed E-state index contributed by atoms with van der Waals surface area (Å²) in [6.45, 7) is 0.124. The summed E-state index contributed by atoms with van der Waals surface area (Å²) in [5, 5.41) is 18.8. The summed E-state index contributed by atoms with van der Waals surface area (Å²) in [4.78, 5) is 0. The Balaban J connectivity index is 1.82. The Morgan fingerprint density at radius 1 is 1.10 bits per heavy atom. The molecule has 0 aromatic heterocycles. The van der Waals surface area contributed by atoms with Crippen LogP contribution in [0.25, 0.3) is 0 Å². The van der Waals surface area contributed by atoms with Crippen LogP contribution in [0.5, 0.6) is 11.5 Å². The Morgan fingerprint density at radius 2 is 1.86 bits per heavy atom. The summed E-state index contributed by atoms with van der Waals surface area (Å²) in [6, 6.07) is 15.9. The Labute approximate surface area is 123 Å². The number of nitrogen functional groups attached to an aromatic ring is 1. The van der Waals surface area contributed by atoms with E-state index in [4.69, 9.17) is 20.5 Å². The zero-order chi connectivity index (χ0) is 15.1. The summed E-state index contributed by atoms with van der Waals surface area (Å²) in [5.74, 6) is 1.04. The quantitative estimate of drug-likeness (QED) is 0.792. The van der Waals surface area contributed by atoms with E-state index >= 15 is 0 Å². The molecule has 2 rings (SSSR count). The third kappa shape index (κ3) is 4.41. The molecule has 0 fully saturated rings. The molecular formula is C16H16N2O3. The molecule has 21 heavy (non-hydrogen) atoms. The van der Waals surface area contributed by atoms with Gasteiger partial charge in [-0.2, -0.15) is 5.26 Å². The first-order valence-corrected chi connectivity index (χ1v) is 6.47. The standard InChI is InChI=1S/C16H16N2O3/c17-9-12-4-1-2-7-16(12)21-11-14(19)10-20-15-6-3-5-13(18)8-15/h1-8,14,19H,10-11,18H2. The van der Waals surface area contributed by atoms with Gasteiger partial charge in [0.2, 0.25) is 0 Å². The molecule has 2 aromatic rings. The molecular weight excluding hydrogens is 268 g/mol. The highest BCUT2D eigenvalue weighted by Gasteiger charge is 2.09. The van der Waals surface area contributed by atoms with E-state index in [1.807, 2.05) is 6.07 Å². The second-order valence-corrected chi connectivity index (χ2v) is 4.46. The zero-order valence-electron chi connectivity index (χ0n) is 11.4. The van der Waals surface area contributed by atoms with Crippen LogP contribution in [0.2, 0.25) is 0 Å². The molecule has 0 saturated carbocycles. The fourth-order valence-corrected chi connectivity index (χ4v) is 1.72. The van der Waals surface area contributed by atoms with Crippen LogP contribution in [0.4, 0.5) is 5.69 Å². The van der Waals surface area contributed by atoms with Crippen molar-refractivity contribution in [3.8, 4) is 17.6 Å². The molecule has 2 aromatic carbocycles. The molecule has 0 aliphatic heterocycles. The van der Waals surface area contributed by atoms with Crippen molar-refractivity contribution in [1.29, 1.82) is 5.26 Å². The van der Waals surface area contributed by atoms with E-state index in [2.05, 4.69) is 0 Å². The van der Waals surface area contributed by atoms with E-state index in [1.54, 1.807) is 48.5 Å². The van der Waals surface area contributed by atoms with Gasteiger partial charge in [0.05, 0.1) is 5.56 Å². The molecule has 0 saturated heterocycles. The van der Waals surface area contributed by atoms with Crippen LogP contribution in [0, 0.1) is 11.3 Å². The van der Waals surface area contributed by atoms with Gasteiger partial charge in [-0.25, -0.2) is 0 Å². The third-order valence-electron chi connectivity index (χ3n) is 2.74. The summed E-state index contributed by atoms with van der Waals surface area (Å²) >= 11 is 0. The molecule has 1 atom stereocenters. The number of benzene rings is 2. The van der Waals surface area contributed by atoms with Crippen molar-refractivity contribution < 1.29 is 14.6 Å². The van der Waals surface area contributed by atoms with Gasteiger partial charge >= 0.3 is 0 Å². The maximum atomic E-state index is 9.84. The number of aliphatic hydroxyl groups excluding tert-OH is 1.